The Balaban J connectivity index is 2.15. The molecule has 1 nitrogen and oxygen atoms in total. The van der Waals surface area contributed by atoms with Crippen molar-refractivity contribution in [1.29, 1.82) is 0 Å². The topological polar surface area (TPSA) is 12.0 Å². The van der Waals surface area contributed by atoms with Crippen LogP contribution in [-0.2, 0) is 0 Å². The number of nitrogens with one attached hydrogen (secondary N) is 1. The lowest BCUT2D eigenvalue weighted by Gasteiger charge is -2.36. The van der Waals surface area contributed by atoms with Crippen molar-refractivity contribution in [3.63, 3.8) is 0 Å². The Bertz CT molecular complexity index is 162. The van der Waals surface area contributed by atoms with Crippen LogP contribution in [0.4, 0.5) is 0 Å². The molecule has 0 radical (unpaired) electrons. The molecular weight excluding hydrogens is 206 g/mol. The van der Waals surface area contributed by atoms with E-state index in [1.165, 1.54) is 64.2 Å². The number of hydrogen-bond acceptors (Lipinski definition) is 1. The predicted molar refractivity (Wildman–Crippen MR) is 77.4 cm³/mol. The van der Waals surface area contributed by atoms with Gasteiger partial charge in [-0.1, -0.05) is 59.3 Å². The van der Waals surface area contributed by atoms with Crippen molar-refractivity contribution in [1.82, 2.24) is 5.32 Å². The van der Waals surface area contributed by atoms with Crippen molar-refractivity contribution in [3.8, 4) is 0 Å². The third-order valence-corrected chi connectivity index (χ3v) is 4.16. The van der Waals surface area contributed by atoms with Gasteiger partial charge in [0.05, 0.1) is 0 Å². The van der Waals surface area contributed by atoms with Gasteiger partial charge in [-0.05, 0) is 31.6 Å². The lowest BCUT2D eigenvalue weighted by molar-refractivity contribution is 0.211. The molecule has 0 bridgehead atoms. The van der Waals surface area contributed by atoms with Gasteiger partial charge in [0, 0.05) is 12.1 Å². The zero-order chi connectivity index (χ0) is 12.5. The summed E-state index contributed by atoms with van der Waals surface area (Å²) in [4.78, 5) is 0. The lowest BCUT2D eigenvalue weighted by Crippen LogP contribution is -2.45. The van der Waals surface area contributed by atoms with E-state index in [1.807, 2.05) is 0 Å². The van der Waals surface area contributed by atoms with Gasteiger partial charge >= 0.3 is 0 Å². The Labute approximate surface area is 109 Å². The van der Waals surface area contributed by atoms with Crippen LogP contribution in [0.1, 0.15) is 85.0 Å². The Hall–Kier alpha value is -0.0400. The summed E-state index contributed by atoms with van der Waals surface area (Å²) in [5.41, 5.74) is 0. The second-order valence-corrected chi connectivity index (χ2v) is 6.13. The van der Waals surface area contributed by atoms with Gasteiger partial charge in [-0.15, -0.1) is 0 Å². The molecule has 1 heteroatoms. The maximum absolute atomic E-state index is 3.90. The fourth-order valence-electron chi connectivity index (χ4n) is 2.96. The van der Waals surface area contributed by atoms with Crippen molar-refractivity contribution in [2.24, 2.45) is 5.92 Å². The van der Waals surface area contributed by atoms with Crippen LogP contribution < -0.4 is 5.32 Å². The quantitative estimate of drug-likeness (QED) is 0.534. The van der Waals surface area contributed by atoms with E-state index >= 15 is 0 Å². The average molecular weight is 239 g/mol. The summed E-state index contributed by atoms with van der Waals surface area (Å²) < 4.78 is 0. The van der Waals surface area contributed by atoms with E-state index in [4.69, 9.17) is 0 Å². The van der Waals surface area contributed by atoms with E-state index in [-0.39, 0.29) is 0 Å². The van der Waals surface area contributed by atoms with Gasteiger partial charge in [-0.2, -0.15) is 0 Å². The summed E-state index contributed by atoms with van der Waals surface area (Å²) in [6.07, 6.45) is 14.0. The van der Waals surface area contributed by atoms with Crippen molar-refractivity contribution < 1.29 is 0 Å². The SMILES string of the molecule is CCCCCC(CCCCC)NC1CC(C)C1. The fraction of sp³-hybridized carbons (Fsp3) is 1.00. The summed E-state index contributed by atoms with van der Waals surface area (Å²) in [7, 11) is 0. The van der Waals surface area contributed by atoms with E-state index < -0.39 is 0 Å². The van der Waals surface area contributed by atoms with Crippen LogP contribution in [0, 0.1) is 5.92 Å². The first-order valence-electron chi connectivity index (χ1n) is 8.02. The molecule has 1 saturated carbocycles. The highest BCUT2D eigenvalue weighted by molar-refractivity contribution is 4.85. The van der Waals surface area contributed by atoms with Crippen molar-refractivity contribution in [3.05, 3.63) is 0 Å². The molecule has 0 spiro atoms. The van der Waals surface area contributed by atoms with Gasteiger partial charge in [0.15, 0.2) is 0 Å². The molecule has 1 rings (SSSR count). The summed E-state index contributed by atoms with van der Waals surface area (Å²) in [6.45, 7) is 6.97. The highest BCUT2D eigenvalue weighted by Crippen LogP contribution is 2.27. The van der Waals surface area contributed by atoms with Crippen LogP contribution >= 0.6 is 0 Å². The highest BCUT2D eigenvalue weighted by atomic mass is 15.0. The van der Waals surface area contributed by atoms with Crippen LogP contribution in [0.3, 0.4) is 0 Å². The third kappa shape index (κ3) is 6.45. The maximum Gasteiger partial charge on any atom is 0.00747 e. The van der Waals surface area contributed by atoms with E-state index in [0.717, 1.165) is 18.0 Å². The standard InChI is InChI=1S/C16H33N/c1-4-6-8-10-15(11-9-7-5-2)17-16-12-14(3)13-16/h14-17H,4-13H2,1-3H3. The molecule has 0 amide bonds. The van der Waals surface area contributed by atoms with Gasteiger partial charge in [-0.25, -0.2) is 0 Å². The summed E-state index contributed by atoms with van der Waals surface area (Å²) in [5, 5.41) is 3.90. The van der Waals surface area contributed by atoms with Gasteiger partial charge < -0.3 is 5.32 Å². The van der Waals surface area contributed by atoms with E-state index in [2.05, 4.69) is 26.1 Å². The number of unbranched alkanes of at least 4 members (excludes halogenated alkanes) is 4. The second kappa shape index (κ2) is 8.97. The molecule has 0 unspecified atom stereocenters. The minimum atomic E-state index is 0.811. The summed E-state index contributed by atoms with van der Waals surface area (Å²) >= 11 is 0. The van der Waals surface area contributed by atoms with Crippen LogP contribution in [-0.4, -0.2) is 12.1 Å². The average Bonchev–Trinajstić information content (AvgIpc) is 2.27. The Morgan fingerprint density at radius 2 is 1.47 bits per heavy atom. The molecule has 0 heterocycles. The maximum atomic E-state index is 3.90. The molecule has 1 aliphatic carbocycles. The first-order chi connectivity index (χ1) is 8.26. The predicted octanol–water partition coefficient (Wildman–Crippen LogP) is 4.90. The van der Waals surface area contributed by atoms with E-state index in [9.17, 15) is 0 Å². The first-order valence-corrected chi connectivity index (χ1v) is 8.02. The molecule has 0 aromatic carbocycles. The zero-order valence-electron chi connectivity index (χ0n) is 12.3. The highest BCUT2D eigenvalue weighted by Gasteiger charge is 2.26. The normalized spacial score (nSPS) is 24.0. The zero-order valence-corrected chi connectivity index (χ0v) is 12.3. The molecule has 1 N–H and O–H groups in total. The molecule has 102 valence electrons. The Kier molecular flexibility index (Phi) is 7.92. The smallest absolute Gasteiger partial charge is 0.00747 e. The summed E-state index contributed by atoms with van der Waals surface area (Å²) in [6, 6.07) is 1.66. The molecule has 0 aromatic rings. The largest absolute Gasteiger partial charge is 0.311 e. The lowest BCUT2D eigenvalue weighted by atomic mass is 9.81. The molecule has 0 aromatic heterocycles. The monoisotopic (exact) mass is 239 g/mol. The van der Waals surface area contributed by atoms with Gasteiger partial charge in [0.25, 0.3) is 0 Å². The Morgan fingerprint density at radius 1 is 0.941 bits per heavy atom. The molecule has 1 fully saturated rings. The van der Waals surface area contributed by atoms with Crippen LogP contribution in [0.15, 0.2) is 0 Å². The third-order valence-electron chi connectivity index (χ3n) is 4.16. The fourth-order valence-corrected chi connectivity index (χ4v) is 2.96. The molecule has 0 aliphatic heterocycles. The second-order valence-electron chi connectivity index (χ2n) is 6.13. The van der Waals surface area contributed by atoms with Crippen molar-refractivity contribution in [2.45, 2.75) is 97.1 Å². The first kappa shape index (κ1) is 15.0. The van der Waals surface area contributed by atoms with Gasteiger partial charge in [0.1, 0.15) is 0 Å². The van der Waals surface area contributed by atoms with E-state index in [0.29, 0.717) is 0 Å². The van der Waals surface area contributed by atoms with E-state index in [1.54, 1.807) is 0 Å². The Morgan fingerprint density at radius 3 is 1.88 bits per heavy atom. The van der Waals surface area contributed by atoms with Gasteiger partial charge in [-0.3, -0.25) is 0 Å². The number of hydrogen-bond donors (Lipinski definition) is 1. The minimum absolute atomic E-state index is 0.811. The van der Waals surface area contributed by atoms with Crippen molar-refractivity contribution in [2.75, 3.05) is 0 Å². The molecule has 17 heavy (non-hydrogen) atoms. The summed E-state index contributed by atoms with van der Waals surface area (Å²) in [5.74, 6) is 0.972. The molecule has 1 aliphatic rings. The van der Waals surface area contributed by atoms with Crippen LogP contribution in [0.5, 0.6) is 0 Å². The van der Waals surface area contributed by atoms with Gasteiger partial charge in [0.2, 0.25) is 0 Å². The van der Waals surface area contributed by atoms with Crippen LogP contribution in [0.25, 0.3) is 0 Å². The van der Waals surface area contributed by atoms with Crippen LogP contribution in [0.2, 0.25) is 0 Å². The molecular formula is C16H33N. The number of rotatable bonds is 10. The minimum Gasteiger partial charge on any atom is -0.311 e. The van der Waals surface area contributed by atoms with Crippen molar-refractivity contribution >= 4 is 0 Å². The molecule has 0 atom stereocenters. The molecule has 0 saturated heterocycles.